The smallest absolute Gasteiger partial charge is 0.241 e. The first kappa shape index (κ1) is 14.7. The van der Waals surface area contributed by atoms with Crippen molar-refractivity contribution in [3.63, 3.8) is 0 Å². The quantitative estimate of drug-likeness (QED) is 0.450. The van der Waals surface area contributed by atoms with Gasteiger partial charge in [-0.2, -0.15) is 0 Å². The van der Waals surface area contributed by atoms with Crippen LogP contribution in [0.5, 0.6) is 0 Å². The summed E-state index contributed by atoms with van der Waals surface area (Å²) in [7, 11) is 0. The van der Waals surface area contributed by atoms with Crippen molar-refractivity contribution in [2.45, 2.75) is 52.0 Å². The molecule has 1 heterocycles. The summed E-state index contributed by atoms with van der Waals surface area (Å²) in [4.78, 5) is 11.3. The predicted octanol–water partition coefficient (Wildman–Crippen LogP) is 1.20. The van der Waals surface area contributed by atoms with E-state index in [1.165, 1.54) is 32.1 Å². The summed E-state index contributed by atoms with van der Waals surface area (Å²) in [5.41, 5.74) is 0. The average Bonchev–Trinajstić information content (AvgIpc) is 2.78. The molecule has 0 aliphatic carbocycles. The van der Waals surface area contributed by atoms with Gasteiger partial charge >= 0.3 is 0 Å². The Balaban J connectivity index is 0.000000673. The van der Waals surface area contributed by atoms with E-state index >= 15 is 0 Å². The molecule has 0 bridgehead atoms. The first-order chi connectivity index (χ1) is 7.76. The van der Waals surface area contributed by atoms with Gasteiger partial charge in [-0.1, -0.05) is 26.2 Å². The number of imidazole rings is 1. The van der Waals surface area contributed by atoms with Crippen LogP contribution in [0.4, 0.5) is 0 Å². The van der Waals surface area contributed by atoms with E-state index in [1.54, 1.807) is 0 Å². The minimum atomic E-state index is -0.500. The van der Waals surface area contributed by atoms with Crippen molar-refractivity contribution in [2.24, 2.45) is 0 Å². The Morgan fingerprint density at radius 2 is 2.12 bits per heavy atom. The van der Waals surface area contributed by atoms with Crippen molar-refractivity contribution < 1.29 is 14.5 Å². The Kier molecular flexibility index (Phi) is 9.36. The molecular formula is C12H22N2O2. The van der Waals surface area contributed by atoms with Gasteiger partial charge in [0.15, 0.2) is 0 Å². The molecule has 4 heteroatoms. The molecule has 4 nitrogen and oxygen atoms in total. The third-order valence-electron chi connectivity index (χ3n) is 2.55. The van der Waals surface area contributed by atoms with Gasteiger partial charge in [0.05, 0.1) is 6.04 Å². The van der Waals surface area contributed by atoms with Gasteiger partial charge in [-0.15, -0.1) is 0 Å². The highest BCUT2D eigenvalue weighted by Crippen LogP contribution is 2.09. The molecule has 1 rings (SSSR count). The van der Waals surface area contributed by atoms with Crippen molar-refractivity contribution in [2.75, 3.05) is 0 Å². The molecule has 1 aromatic heterocycles. The van der Waals surface area contributed by atoms with Crippen LogP contribution in [-0.4, -0.2) is 11.5 Å². The second-order valence-corrected chi connectivity index (χ2v) is 3.85. The fourth-order valence-corrected chi connectivity index (χ4v) is 1.59. The minimum Gasteiger partial charge on any atom is -0.554 e. The lowest BCUT2D eigenvalue weighted by atomic mass is 10.1. The van der Waals surface area contributed by atoms with E-state index in [0.29, 0.717) is 6.04 Å². The van der Waals surface area contributed by atoms with E-state index in [1.807, 2.05) is 12.5 Å². The number of unbranched alkanes of at least 4 members (excludes halogenated alkanes) is 3. The van der Waals surface area contributed by atoms with Crippen LogP contribution in [0.1, 0.15) is 52.0 Å². The van der Waals surface area contributed by atoms with Gasteiger partial charge in [-0.3, -0.25) is 4.98 Å². The third kappa shape index (κ3) is 7.04. The van der Waals surface area contributed by atoms with Gasteiger partial charge in [0, 0.05) is 6.47 Å². The Morgan fingerprint density at radius 1 is 1.44 bits per heavy atom. The summed E-state index contributed by atoms with van der Waals surface area (Å²) >= 11 is 0. The number of carbonyl (C=O) groups excluding carboxylic acids is 1. The van der Waals surface area contributed by atoms with Crippen LogP contribution in [-0.2, 0) is 4.79 Å². The summed E-state index contributed by atoms with van der Waals surface area (Å²) < 4.78 is 2.24. The number of carboxylic acid groups (broad SMARTS) is 1. The van der Waals surface area contributed by atoms with Crippen LogP contribution in [0, 0.1) is 0 Å². The second kappa shape index (κ2) is 10.2. The molecule has 0 aliphatic heterocycles. The van der Waals surface area contributed by atoms with Crippen molar-refractivity contribution in [1.82, 2.24) is 4.98 Å². The van der Waals surface area contributed by atoms with Crippen molar-refractivity contribution in [1.29, 1.82) is 0 Å². The average molecular weight is 226 g/mol. The number of nitrogens with zero attached hydrogens (tertiary/aromatic N) is 1. The monoisotopic (exact) mass is 226 g/mol. The van der Waals surface area contributed by atoms with E-state index in [9.17, 15) is 0 Å². The largest absolute Gasteiger partial charge is 0.554 e. The zero-order chi connectivity index (χ0) is 12.2. The van der Waals surface area contributed by atoms with E-state index in [0.717, 1.165) is 0 Å². The van der Waals surface area contributed by atoms with Gasteiger partial charge in [0.1, 0.15) is 12.4 Å². The highest BCUT2D eigenvalue weighted by atomic mass is 16.3. The first-order valence-corrected chi connectivity index (χ1v) is 5.85. The molecule has 0 radical (unpaired) electrons. The van der Waals surface area contributed by atoms with Crippen LogP contribution in [0.25, 0.3) is 0 Å². The fourth-order valence-electron chi connectivity index (χ4n) is 1.59. The maximum absolute atomic E-state index is 8.25. The number of aromatic amines is 1. The number of hydrogen-bond donors (Lipinski definition) is 1. The molecule has 0 aromatic carbocycles. The van der Waals surface area contributed by atoms with E-state index in [2.05, 4.69) is 29.6 Å². The zero-order valence-corrected chi connectivity index (χ0v) is 10.2. The Hall–Kier alpha value is -1.32. The van der Waals surface area contributed by atoms with E-state index < -0.39 is 6.47 Å². The molecule has 1 N–H and O–H groups in total. The molecule has 0 spiro atoms. The Bertz CT molecular complexity index is 248. The maximum Gasteiger partial charge on any atom is 0.241 e. The predicted molar refractivity (Wildman–Crippen MR) is 60.5 cm³/mol. The second-order valence-electron chi connectivity index (χ2n) is 3.85. The summed E-state index contributed by atoms with van der Waals surface area (Å²) in [5, 5.41) is 8.25. The fraction of sp³-hybridized carbons (Fsp3) is 0.667. The zero-order valence-electron chi connectivity index (χ0n) is 10.2. The van der Waals surface area contributed by atoms with Crippen LogP contribution in [0.3, 0.4) is 0 Å². The highest BCUT2D eigenvalue weighted by Gasteiger charge is 2.07. The normalized spacial score (nSPS) is 11.4. The van der Waals surface area contributed by atoms with Crippen LogP contribution in [0.2, 0.25) is 0 Å². The van der Waals surface area contributed by atoms with E-state index in [-0.39, 0.29) is 0 Å². The van der Waals surface area contributed by atoms with Gasteiger partial charge < -0.3 is 9.90 Å². The molecule has 0 amide bonds. The highest BCUT2D eigenvalue weighted by molar-refractivity contribution is 5.29. The lowest BCUT2D eigenvalue weighted by molar-refractivity contribution is -0.719. The van der Waals surface area contributed by atoms with Crippen molar-refractivity contribution in [3.05, 3.63) is 18.7 Å². The van der Waals surface area contributed by atoms with Crippen molar-refractivity contribution in [3.8, 4) is 0 Å². The maximum atomic E-state index is 8.25. The number of H-pyrrole nitrogens is 1. The molecule has 0 saturated carbocycles. The number of aromatic nitrogens is 2. The summed E-state index contributed by atoms with van der Waals surface area (Å²) in [6.45, 7) is 4.03. The number of rotatable bonds is 6. The number of carbonyl (C=O) groups is 1. The molecule has 1 unspecified atom stereocenters. The molecule has 1 atom stereocenters. The molecular weight excluding hydrogens is 204 g/mol. The van der Waals surface area contributed by atoms with Gasteiger partial charge in [-0.05, 0) is 19.8 Å². The SMILES string of the molecule is CCCCCCC(C)[n+]1cc[nH]c1.O=C[O-]. The van der Waals surface area contributed by atoms with Gasteiger partial charge in [0.25, 0.3) is 0 Å². The summed E-state index contributed by atoms with van der Waals surface area (Å²) in [6, 6.07) is 0.642. The molecule has 0 saturated heterocycles. The van der Waals surface area contributed by atoms with E-state index in [4.69, 9.17) is 9.90 Å². The number of nitrogens with one attached hydrogen (secondary N) is 1. The lowest BCUT2D eigenvalue weighted by Gasteiger charge is -2.06. The van der Waals surface area contributed by atoms with Gasteiger partial charge in [0.2, 0.25) is 6.33 Å². The van der Waals surface area contributed by atoms with Crippen LogP contribution in [0.15, 0.2) is 18.7 Å². The Labute approximate surface area is 97.3 Å². The molecule has 1 aromatic rings. The molecule has 0 fully saturated rings. The first-order valence-electron chi connectivity index (χ1n) is 5.85. The molecule has 0 aliphatic rings. The summed E-state index contributed by atoms with van der Waals surface area (Å²) in [6.07, 6.45) is 12.8. The van der Waals surface area contributed by atoms with Crippen molar-refractivity contribution >= 4 is 6.47 Å². The minimum absolute atomic E-state index is 0.500. The lowest BCUT2D eigenvalue weighted by Crippen LogP contribution is -2.34. The number of hydrogen-bond acceptors (Lipinski definition) is 2. The summed E-state index contributed by atoms with van der Waals surface area (Å²) in [5.74, 6) is 0. The standard InChI is InChI=1S/C11H20N2.CH2O2/c1-3-4-5-6-7-11(2)13-9-8-12-10-13;2-1-3/h8-11H,3-7H2,1-2H3;1H,(H,2,3). The third-order valence-corrected chi connectivity index (χ3v) is 2.55. The van der Waals surface area contributed by atoms with Crippen LogP contribution >= 0.6 is 0 Å². The van der Waals surface area contributed by atoms with Gasteiger partial charge in [-0.25, -0.2) is 4.57 Å². The van der Waals surface area contributed by atoms with Crippen LogP contribution < -0.4 is 9.67 Å². The molecule has 92 valence electrons. The molecule has 16 heavy (non-hydrogen) atoms. The topological polar surface area (TPSA) is 59.8 Å². The Morgan fingerprint density at radius 3 is 2.62 bits per heavy atom.